The van der Waals surface area contributed by atoms with Crippen molar-refractivity contribution in [3.63, 3.8) is 0 Å². The van der Waals surface area contributed by atoms with Crippen molar-refractivity contribution in [2.24, 2.45) is 0 Å². The van der Waals surface area contributed by atoms with Crippen LogP contribution in [0.5, 0.6) is 0 Å². The Morgan fingerprint density at radius 3 is 2.27 bits per heavy atom. The average molecular weight is 314 g/mol. The Balaban J connectivity index is 3.11. The lowest BCUT2D eigenvalue weighted by molar-refractivity contribution is 0.185. The van der Waals surface area contributed by atoms with E-state index in [1.54, 1.807) is 30.3 Å². The molecule has 1 N–H and O–H groups in total. The van der Waals surface area contributed by atoms with E-state index in [2.05, 4.69) is 15.9 Å². The van der Waals surface area contributed by atoms with Gasteiger partial charge in [-0.3, -0.25) is 0 Å². The van der Waals surface area contributed by atoms with Crippen LogP contribution >= 0.6 is 27.5 Å². The Morgan fingerprint density at radius 2 is 1.87 bits per heavy atom. The molecule has 1 aromatic carbocycles. The van der Waals surface area contributed by atoms with Gasteiger partial charge in [-0.1, -0.05) is 41.9 Å². The molecule has 0 fully saturated rings. The van der Waals surface area contributed by atoms with Crippen LogP contribution in [0.2, 0.25) is 0 Å². The molecule has 0 aromatic heterocycles. The third kappa shape index (κ3) is 2.72. The van der Waals surface area contributed by atoms with Crippen molar-refractivity contribution in [1.82, 2.24) is 0 Å². The molecule has 2 atom stereocenters. The zero-order valence-electron chi connectivity index (χ0n) is 7.89. The highest BCUT2D eigenvalue weighted by atomic mass is 79.9. The number of alkyl halides is 2. The van der Waals surface area contributed by atoms with Gasteiger partial charge >= 0.3 is 0 Å². The second kappa shape index (κ2) is 4.41. The monoisotopic (exact) mass is 312 g/mol. The first kappa shape index (κ1) is 13.0. The minimum atomic E-state index is -3.62. The molecule has 3 nitrogen and oxygen atoms in total. The normalized spacial score (nSPS) is 18.1. The summed E-state index contributed by atoms with van der Waals surface area (Å²) in [6, 6.07) is 8.37. The van der Waals surface area contributed by atoms with Crippen LogP contribution in [0.15, 0.2) is 30.3 Å². The summed E-state index contributed by atoms with van der Waals surface area (Å²) in [5, 5.41) is 9.83. The number of sulfone groups is 1. The van der Waals surface area contributed by atoms with Crippen LogP contribution in [-0.4, -0.2) is 22.9 Å². The van der Waals surface area contributed by atoms with Crippen LogP contribution in [0.3, 0.4) is 0 Å². The zero-order valence-corrected chi connectivity index (χ0v) is 11.1. The maximum absolute atomic E-state index is 11.3. The first-order valence-electron chi connectivity index (χ1n) is 4.07. The number of hydrogen-bond donors (Lipinski definition) is 1. The average Bonchev–Trinajstić information content (AvgIpc) is 2.16. The van der Waals surface area contributed by atoms with Crippen LogP contribution in [0, 0.1) is 0 Å². The maximum Gasteiger partial charge on any atom is 0.228 e. The number of aliphatic hydroxyl groups is 1. The summed E-state index contributed by atoms with van der Waals surface area (Å²) in [5.41, 5.74) is 0.440. The second-order valence-corrected chi connectivity index (χ2v) is 8.39. The standard InChI is InChI=1S/C9H10BrClO3S/c1-15(13,14)9(10,11)8(12)7-5-3-2-4-6-7/h2-6,8,12H,1H3/t8-,9+/m1/s1. The molecule has 0 aliphatic rings. The smallest absolute Gasteiger partial charge is 0.228 e. The van der Waals surface area contributed by atoms with Gasteiger partial charge in [0.1, 0.15) is 6.10 Å². The molecule has 0 radical (unpaired) electrons. The van der Waals surface area contributed by atoms with Gasteiger partial charge in [0.15, 0.2) is 9.84 Å². The molecule has 6 heteroatoms. The Morgan fingerprint density at radius 1 is 1.40 bits per heavy atom. The fourth-order valence-corrected chi connectivity index (χ4v) is 1.96. The van der Waals surface area contributed by atoms with E-state index < -0.39 is 19.1 Å². The van der Waals surface area contributed by atoms with Crippen molar-refractivity contribution in [2.45, 2.75) is 9.22 Å². The molecule has 0 heterocycles. The molecule has 0 aliphatic heterocycles. The first-order chi connectivity index (χ1) is 6.77. The maximum atomic E-state index is 11.3. The molecule has 84 valence electrons. The van der Waals surface area contributed by atoms with E-state index in [0.717, 1.165) is 6.26 Å². The molecular weight excluding hydrogens is 304 g/mol. The van der Waals surface area contributed by atoms with Crippen LogP contribution in [0.1, 0.15) is 11.7 Å². The third-order valence-electron chi connectivity index (χ3n) is 1.93. The highest BCUT2D eigenvalue weighted by molar-refractivity contribution is 9.12. The van der Waals surface area contributed by atoms with E-state index in [4.69, 9.17) is 11.6 Å². The summed E-state index contributed by atoms with van der Waals surface area (Å²) in [4.78, 5) is 0. The van der Waals surface area contributed by atoms with Crippen molar-refractivity contribution < 1.29 is 13.5 Å². The topological polar surface area (TPSA) is 54.4 Å². The molecule has 0 unspecified atom stereocenters. The Bertz CT molecular complexity index is 430. The number of hydrogen-bond acceptors (Lipinski definition) is 3. The summed E-state index contributed by atoms with van der Waals surface area (Å²) >= 11 is 8.61. The summed E-state index contributed by atoms with van der Waals surface area (Å²) in [6.45, 7) is 0. The predicted molar refractivity (Wildman–Crippen MR) is 63.8 cm³/mol. The summed E-state index contributed by atoms with van der Waals surface area (Å²) < 4.78 is 20.8. The van der Waals surface area contributed by atoms with Crippen molar-refractivity contribution in [2.75, 3.05) is 6.26 Å². The Hall–Kier alpha value is -0.100. The minimum absolute atomic E-state index is 0.440. The van der Waals surface area contributed by atoms with Gasteiger partial charge < -0.3 is 5.11 Å². The lowest BCUT2D eigenvalue weighted by Crippen LogP contribution is -2.32. The molecule has 0 saturated heterocycles. The quantitative estimate of drug-likeness (QED) is 0.869. The van der Waals surface area contributed by atoms with Crippen molar-refractivity contribution in [3.8, 4) is 0 Å². The van der Waals surface area contributed by atoms with Gasteiger partial charge in [-0.05, 0) is 21.5 Å². The van der Waals surface area contributed by atoms with E-state index in [9.17, 15) is 13.5 Å². The molecule has 0 bridgehead atoms. The summed E-state index contributed by atoms with van der Waals surface area (Å²) in [6.07, 6.45) is -0.364. The van der Waals surface area contributed by atoms with Crippen molar-refractivity contribution in [3.05, 3.63) is 35.9 Å². The largest absolute Gasteiger partial charge is 0.385 e. The lowest BCUT2D eigenvalue weighted by Gasteiger charge is -2.24. The van der Waals surface area contributed by atoms with Gasteiger partial charge in [0, 0.05) is 6.26 Å². The number of halogens is 2. The number of rotatable bonds is 3. The van der Waals surface area contributed by atoms with Crippen LogP contribution in [0.25, 0.3) is 0 Å². The van der Waals surface area contributed by atoms with Crippen LogP contribution in [-0.2, 0) is 9.84 Å². The van der Waals surface area contributed by atoms with Gasteiger partial charge in [0.2, 0.25) is 3.12 Å². The Kier molecular flexibility index (Phi) is 3.81. The lowest BCUT2D eigenvalue weighted by atomic mass is 10.1. The fourth-order valence-electron chi connectivity index (χ4n) is 1.03. The molecule has 0 spiro atoms. The summed E-state index contributed by atoms with van der Waals surface area (Å²) in [7, 11) is -3.62. The van der Waals surface area contributed by atoms with E-state index in [0.29, 0.717) is 5.56 Å². The van der Waals surface area contributed by atoms with Crippen LogP contribution in [0.4, 0.5) is 0 Å². The molecule has 1 rings (SSSR count). The van der Waals surface area contributed by atoms with Gasteiger partial charge in [-0.25, -0.2) is 8.42 Å². The summed E-state index contributed by atoms with van der Waals surface area (Å²) in [5.74, 6) is 0. The van der Waals surface area contributed by atoms with Gasteiger partial charge in [-0.2, -0.15) is 0 Å². The van der Waals surface area contributed by atoms with E-state index in [-0.39, 0.29) is 0 Å². The number of aliphatic hydroxyl groups excluding tert-OH is 1. The number of benzene rings is 1. The van der Waals surface area contributed by atoms with E-state index >= 15 is 0 Å². The molecule has 0 saturated carbocycles. The van der Waals surface area contributed by atoms with Gasteiger partial charge in [0.25, 0.3) is 0 Å². The Labute approximate surface area is 102 Å². The van der Waals surface area contributed by atoms with Crippen molar-refractivity contribution in [1.29, 1.82) is 0 Å². The zero-order chi connectivity index (χ0) is 11.7. The predicted octanol–water partition coefficient (Wildman–Crippen LogP) is 2.05. The fraction of sp³-hybridized carbons (Fsp3) is 0.333. The van der Waals surface area contributed by atoms with Gasteiger partial charge in [0.05, 0.1) is 0 Å². The first-order valence-corrected chi connectivity index (χ1v) is 7.13. The molecule has 0 aliphatic carbocycles. The molecule has 1 aromatic rings. The molecule has 15 heavy (non-hydrogen) atoms. The van der Waals surface area contributed by atoms with E-state index in [1.165, 1.54) is 0 Å². The van der Waals surface area contributed by atoms with Crippen molar-refractivity contribution >= 4 is 37.4 Å². The third-order valence-corrected chi connectivity index (χ3v) is 6.39. The molecule has 0 amide bonds. The SMILES string of the molecule is CS(=O)(=O)[C@](Cl)(Br)[C@H](O)c1ccccc1. The van der Waals surface area contributed by atoms with E-state index in [1.807, 2.05) is 0 Å². The minimum Gasteiger partial charge on any atom is -0.385 e. The molecular formula is C9H10BrClO3S. The second-order valence-electron chi connectivity index (χ2n) is 3.15. The highest BCUT2D eigenvalue weighted by Gasteiger charge is 2.44. The van der Waals surface area contributed by atoms with Crippen LogP contribution < -0.4 is 0 Å². The van der Waals surface area contributed by atoms with Gasteiger partial charge in [-0.15, -0.1) is 0 Å². The highest BCUT2D eigenvalue weighted by Crippen LogP contribution is 2.41.